The van der Waals surface area contributed by atoms with Crippen molar-refractivity contribution in [2.75, 3.05) is 90.2 Å². The average Bonchev–Trinajstić information content (AvgIpc) is 2.61. The molecule has 168 valence electrons. The molecule has 13 heteroatoms. The highest BCUT2D eigenvalue weighted by atomic mass is 32.2. The maximum absolute atomic E-state index is 10.5. The monoisotopic (exact) mass is 447 g/mol. The Labute approximate surface area is 167 Å². The van der Waals surface area contributed by atoms with E-state index in [1.807, 2.05) is 4.90 Å². The van der Waals surface area contributed by atoms with Crippen LogP contribution in [0.2, 0.25) is 0 Å². The van der Waals surface area contributed by atoms with Crippen LogP contribution in [-0.4, -0.2) is 136 Å². The Balaban J connectivity index is 0.000000283. The van der Waals surface area contributed by atoms with Crippen molar-refractivity contribution < 1.29 is 35.8 Å². The third kappa shape index (κ3) is 13.7. The van der Waals surface area contributed by atoms with Gasteiger partial charge in [0.1, 0.15) is 0 Å². The fraction of sp³-hybridized carbons (Fsp3) is 1.00. The number of piperazine rings is 1. The standard InChI is InChI=1S/C8H18N2O4S.C7H15NO4S/c11-7-5-9-1-3-10(4-2-9)6-8-15(12,13)14;9-13(10,11)7-1-2-8-3-5-12-6-4-8/h11H,1-8H2,(H,12,13,14);1-7H2,(H,9,10,11). The van der Waals surface area contributed by atoms with Gasteiger partial charge in [-0.15, -0.1) is 0 Å². The number of ether oxygens (including phenoxy) is 1. The summed E-state index contributed by atoms with van der Waals surface area (Å²) in [5.41, 5.74) is 0. The summed E-state index contributed by atoms with van der Waals surface area (Å²) in [5.74, 6) is -0.350. The summed E-state index contributed by atoms with van der Waals surface area (Å²) in [6.45, 7) is 8.31. The van der Waals surface area contributed by atoms with Gasteiger partial charge in [0.2, 0.25) is 0 Å². The molecular weight excluding hydrogens is 414 g/mol. The maximum Gasteiger partial charge on any atom is 0.266 e. The second-order valence-electron chi connectivity index (χ2n) is 6.79. The zero-order chi connectivity index (χ0) is 21.0. The van der Waals surface area contributed by atoms with E-state index in [4.69, 9.17) is 18.9 Å². The quantitative estimate of drug-likeness (QED) is 0.340. The molecule has 0 spiro atoms. The Morgan fingerprint density at radius 1 is 0.679 bits per heavy atom. The Hall–Kier alpha value is -0.380. The molecule has 0 amide bonds. The third-order valence-corrected chi connectivity index (χ3v) is 6.03. The van der Waals surface area contributed by atoms with Gasteiger partial charge in [0.05, 0.1) is 31.3 Å². The Morgan fingerprint density at radius 3 is 1.61 bits per heavy atom. The van der Waals surface area contributed by atoms with Gasteiger partial charge in [-0.05, 0) is 13.0 Å². The van der Waals surface area contributed by atoms with E-state index < -0.39 is 20.2 Å². The van der Waals surface area contributed by atoms with Crippen molar-refractivity contribution in [1.29, 1.82) is 0 Å². The molecule has 2 aliphatic rings. The SMILES string of the molecule is O=S(=O)(O)CCCN1CCOCC1.O=S(=O)(O)CCN1CCN(CCO)CC1. The number of rotatable bonds is 9. The lowest BCUT2D eigenvalue weighted by Crippen LogP contribution is -2.48. The maximum atomic E-state index is 10.5. The Bertz CT molecular complexity index is 615. The molecule has 0 bridgehead atoms. The van der Waals surface area contributed by atoms with Crippen molar-refractivity contribution >= 4 is 20.2 Å². The first-order valence-corrected chi connectivity index (χ1v) is 12.6. The predicted octanol–water partition coefficient (Wildman–Crippen LogP) is -1.92. The third-order valence-electron chi connectivity index (χ3n) is 4.53. The molecule has 2 heterocycles. The summed E-state index contributed by atoms with van der Waals surface area (Å²) in [6.07, 6.45) is 0.485. The van der Waals surface area contributed by atoms with Crippen molar-refractivity contribution in [3.05, 3.63) is 0 Å². The lowest BCUT2D eigenvalue weighted by molar-refractivity contribution is 0.0380. The van der Waals surface area contributed by atoms with E-state index in [1.165, 1.54) is 0 Å². The number of β-amino-alcohol motifs (C(OH)–C–C–N with tert-alkyl or cyclic N) is 1. The van der Waals surface area contributed by atoms with E-state index in [-0.39, 0.29) is 18.1 Å². The van der Waals surface area contributed by atoms with Crippen molar-refractivity contribution in [3.8, 4) is 0 Å². The topological polar surface area (TPSA) is 148 Å². The van der Waals surface area contributed by atoms with Gasteiger partial charge in [-0.25, -0.2) is 0 Å². The molecule has 0 unspecified atom stereocenters. The largest absolute Gasteiger partial charge is 0.395 e. The summed E-state index contributed by atoms with van der Waals surface area (Å²) < 4.78 is 64.0. The number of morpholine rings is 1. The van der Waals surface area contributed by atoms with Crippen LogP contribution < -0.4 is 0 Å². The Morgan fingerprint density at radius 2 is 1.14 bits per heavy atom. The lowest BCUT2D eigenvalue weighted by Gasteiger charge is -2.33. The highest BCUT2D eigenvalue weighted by Crippen LogP contribution is 2.01. The van der Waals surface area contributed by atoms with Crippen LogP contribution in [0.5, 0.6) is 0 Å². The van der Waals surface area contributed by atoms with Crippen molar-refractivity contribution in [1.82, 2.24) is 14.7 Å². The number of aliphatic hydroxyl groups is 1. The van der Waals surface area contributed by atoms with Crippen molar-refractivity contribution in [2.45, 2.75) is 6.42 Å². The van der Waals surface area contributed by atoms with Crippen LogP contribution >= 0.6 is 0 Å². The fourth-order valence-corrected chi connectivity index (χ4v) is 3.90. The van der Waals surface area contributed by atoms with E-state index in [0.29, 0.717) is 39.3 Å². The first-order chi connectivity index (χ1) is 13.1. The lowest BCUT2D eigenvalue weighted by atomic mass is 10.3. The molecule has 0 radical (unpaired) electrons. The molecular formula is C15H33N3O8S2. The highest BCUT2D eigenvalue weighted by Gasteiger charge is 2.17. The molecule has 2 aliphatic heterocycles. The molecule has 0 aromatic rings. The first kappa shape index (κ1) is 25.7. The second kappa shape index (κ2) is 13.0. The molecule has 28 heavy (non-hydrogen) atoms. The van der Waals surface area contributed by atoms with Gasteiger partial charge >= 0.3 is 0 Å². The van der Waals surface area contributed by atoms with Crippen molar-refractivity contribution in [2.24, 2.45) is 0 Å². The molecule has 2 saturated heterocycles. The van der Waals surface area contributed by atoms with Gasteiger partial charge in [0.15, 0.2) is 0 Å². The smallest absolute Gasteiger partial charge is 0.266 e. The molecule has 2 fully saturated rings. The molecule has 0 atom stereocenters. The van der Waals surface area contributed by atoms with Gasteiger partial charge in [0, 0.05) is 52.4 Å². The summed E-state index contributed by atoms with van der Waals surface area (Å²) in [6, 6.07) is 0. The molecule has 0 aromatic carbocycles. The zero-order valence-corrected chi connectivity index (χ0v) is 17.8. The predicted molar refractivity (Wildman–Crippen MR) is 105 cm³/mol. The van der Waals surface area contributed by atoms with Crippen LogP contribution in [0.15, 0.2) is 0 Å². The van der Waals surface area contributed by atoms with E-state index >= 15 is 0 Å². The number of aliphatic hydroxyl groups excluding tert-OH is 1. The van der Waals surface area contributed by atoms with Crippen LogP contribution in [0.4, 0.5) is 0 Å². The summed E-state index contributed by atoms with van der Waals surface area (Å²) in [4.78, 5) is 6.26. The van der Waals surface area contributed by atoms with Crippen molar-refractivity contribution in [3.63, 3.8) is 0 Å². The minimum Gasteiger partial charge on any atom is -0.395 e. The average molecular weight is 448 g/mol. The van der Waals surface area contributed by atoms with Crippen LogP contribution in [0.25, 0.3) is 0 Å². The van der Waals surface area contributed by atoms with Gasteiger partial charge < -0.3 is 9.84 Å². The van der Waals surface area contributed by atoms with E-state index in [0.717, 1.165) is 39.3 Å². The molecule has 11 nitrogen and oxygen atoms in total. The minimum absolute atomic E-state index is 0.148. The normalized spacial score (nSPS) is 20.5. The number of hydrogen-bond donors (Lipinski definition) is 3. The number of hydrogen-bond acceptors (Lipinski definition) is 9. The van der Waals surface area contributed by atoms with Crippen LogP contribution in [0.3, 0.4) is 0 Å². The summed E-state index contributed by atoms with van der Waals surface area (Å²) in [7, 11) is -7.63. The molecule has 2 rings (SSSR count). The van der Waals surface area contributed by atoms with Gasteiger partial charge in [-0.2, -0.15) is 16.8 Å². The molecule has 0 saturated carbocycles. The van der Waals surface area contributed by atoms with E-state index in [1.54, 1.807) is 0 Å². The van der Waals surface area contributed by atoms with E-state index in [2.05, 4.69) is 9.80 Å². The molecule has 3 N–H and O–H groups in total. The second-order valence-corrected chi connectivity index (χ2v) is 9.93. The summed E-state index contributed by atoms with van der Waals surface area (Å²) in [5, 5.41) is 8.73. The van der Waals surface area contributed by atoms with Crippen LogP contribution in [0.1, 0.15) is 6.42 Å². The van der Waals surface area contributed by atoms with E-state index in [9.17, 15) is 16.8 Å². The summed E-state index contributed by atoms with van der Waals surface area (Å²) >= 11 is 0. The van der Waals surface area contributed by atoms with Crippen LogP contribution in [-0.2, 0) is 25.0 Å². The zero-order valence-electron chi connectivity index (χ0n) is 16.1. The fourth-order valence-electron chi connectivity index (χ4n) is 2.92. The van der Waals surface area contributed by atoms with Gasteiger partial charge in [0.25, 0.3) is 20.2 Å². The van der Waals surface area contributed by atoms with Crippen LogP contribution in [0, 0.1) is 0 Å². The first-order valence-electron chi connectivity index (χ1n) is 9.35. The highest BCUT2D eigenvalue weighted by molar-refractivity contribution is 7.86. The van der Waals surface area contributed by atoms with Gasteiger partial charge in [-0.1, -0.05) is 0 Å². The molecule has 0 aliphatic carbocycles. The minimum atomic E-state index is -3.84. The Kier molecular flexibility index (Phi) is 11.9. The number of nitrogens with zero attached hydrogens (tertiary/aromatic N) is 3. The van der Waals surface area contributed by atoms with Gasteiger partial charge in [-0.3, -0.25) is 23.8 Å². The molecule has 0 aromatic heterocycles.